The van der Waals surface area contributed by atoms with Gasteiger partial charge in [0.05, 0.1) is 11.9 Å². The van der Waals surface area contributed by atoms with Crippen LogP contribution in [0.5, 0.6) is 0 Å². The fourth-order valence-corrected chi connectivity index (χ4v) is 3.62. The molecule has 1 aromatic rings. The maximum absolute atomic E-state index is 11.9. The molecule has 1 saturated heterocycles. The molecular formula is C16H25N5OS. The molecular weight excluding hydrogens is 310 g/mol. The van der Waals surface area contributed by atoms with Crippen LogP contribution in [0.15, 0.2) is 29.5 Å². The Labute approximate surface area is 141 Å². The topological polar surface area (TPSA) is 78.4 Å². The lowest BCUT2D eigenvalue weighted by molar-refractivity contribution is -0.114. The predicted octanol–water partition coefficient (Wildman–Crippen LogP) is 1.86. The van der Waals surface area contributed by atoms with Crippen molar-refractivity contribution in [3.05, 3.63) is 24.5 Å². The lowest BCUT2D eigenvalue weighted by Gasteiger charge is -2.24. The Kier molecular flexibility index (Phi) is 6.70. The van der Waals surface area contributed by atoms with Crippen LogP contribution < -0.4 is 16.0 Å². The maximum Gasteiger partial charge on any atom is 0.246 e. The number of carbonyl (C=O) groups excluding carboxylic acids is 1. The van der Waals surface area contributed by atoms with Gasteiger partial charge in [0.1, 0.15) is 6.54 Å². The van der Waals surface area contributed by atoms with E-state index in [0.29, 0.717) is 11.6 Å². The minimum absolute atomic E-state index is 0.0775. The van der Waals surface area contributed by atoms with Crippen LogP contribution in [-0.4, -0.2) is 47.0 Å². The Morgan fingerprint density at radius 2 is 2.35 bits per heavy atom. The number of nitrogens with one attached hydrogen (secondary N) is 3. The standard InChI is InChI=1S/C16H25N5OS/c1-3-18-15(20-12-16(2)7-5-9-23-16)19-11-14(22)21-13-6-4-8-17-10-13/h4,6,8,10H,3,5,7,9,11-12H2,1-2H3,(H,21,22)(H2,18,19,20). The highest BCUT2D eigenvalue weighted by Gasteiger charge is 2.29. The van der Waals surface area contributed by atoms with Crippen molar-refractivity contribution in [1.82, 2.24) is 15.6 Å². The summed E-state index contributed by atoms with van der Waals surface area (Å²) in [6.45, 7) is 5.98. The number of nitrogens with zero attached hydrogens (tertiary/aromatic N) is 2. The third-order valence-electron chi connectivity index (χ3n) is 3.60. The van der Waals surface area contributed by atoms with Crippen molar-refractivity contribution in [3.8, 4) is 0 Å². The van der Waals surface area contributed by atoms with Gasteiger partial charge in [-0.2, -0.15) is 11.8 Å². The number of thioether (sulfide) groups is 1. The summed E-state index contributed by atoms with van der Waals surface area (Å²) < 4.78 is 0.258. The molecule has 1 aliphatic rings. The zero-order chi connectivity index (χ0) is 16.5. The lowest BCUT2D eigenvalue weighted by atomic mass is 10.1. The summed E-state index contributed by atoms with van der Waals surface area (Å²) in [5.41, 5.74) is 0.681. The minimum atomic E-state index is -0.156. The third kappa shape index (κ3) is 6.09. The van der Waals surface area contributed by atoms with Crippen molar-refractivity contribution in [3.63, 3.8) is 0 Å². The van der Waals surface area contributed by atoms with Crippen LogP contribution in [0.3, 0.4) is 0 Å². The summed E-state index contributed by atoms with van der Waals surface area (Å²) in [5, 5.41) is 9.30. The molecule has 0 radical (unpaired) electrons. The van der Waals surface area contributed by atoms with Gasteiger partial charge in [-0.25, -0.2) is 4.99 Å². The summed E-state index contributed by atoms with van der Waals surface area (Å²) in [4.78, 5) is 20.3. The van der Waals surface area contributed by atoms with Crippen molar-refractivity contribution in [2.75, 3.05) is 30.7 Å². The first kappa shape index (κ1) is 17.6. The number of hydrogen-bond acceptors (Lipinski definition) is 4. The molecule has 1 aliphatic heterocycles. The van der Waals surface area contributed by atoms with Crippen LogP contribution in [0.25, 0.3) is 0 Å². The van der Waals surface area contributed by atoms with E-state index in [-0.39, 0.29) is 17.2 Å². The van der Waals surface area contributed by atoms with Crippen molar-refractivity contribution < 1.29 is 4.79 Å². The second-order valence-corrected chi connectivity index (χ2v) is 7.42. The molecule has 0 bridgehead atoms. The molecule has 7 heteroatoms. The van der Waals surface area contributed by atoms with E-state index in [1.54, 1.807) is 24.5 Å². The van der Waals surface area contributed by atoms with Crippen LogP contribution in [0.2, 0.25) is 0 Å². The average molecular weight is 335 g/mol. The largest absolute Gasteiger partial charge is 0.357 e. The highest BCUT2D eigenvalue weighted by molar-refractivity contribution is 8.00. The number of anilines is 1. The van der Waals surface area contributed by atoms with Crippen LogP contribution >= 0.6 is 11.8 Å². The van der Waals surface area contributed by atoms with E-state index in [1.165, 1.54) is 18.6 Å². The summed E-state index contributed by atoms with van der Waals surface area (Å²) >= 11 is 2.00. The van der Waals surface area contributed by atoms with E-state index in [4.69, 9.17) is 0 Å². The third-order valence-corrected chi connectivity index (χ3v) is 5.14. The van der Waals surface area contributed by atoms with Gasteiger partial charge in [0.2, 0.25) is 5.91 Å². The second kappa shape index (κ2) is 8.76. The molecule has 1 fully saturated rings. The highest BCUT2D eigenvalue weighted by atomic mass is 32.2. The Hall–Kier alpha value is -1.76. The molecule has 2 heterocycles. The molecule has 0 saturated carbocycles. The molecule has 6 nitrogen and oxygen atoms in total. The molecule has 2 rings (SSSR count). The van der Waals surface area contributed by atoms with E-state index in [2.05, 4.69) is 32.9 Å². The zero-order valence-electron chi connectivity index (χ0n) is 13.8. The summed E-state index contributed by atoms with van der Waals surface area (Å²) in [7, 11) is 0. The fraction of sp³-hybridized carbons (Fsp3) is 0.562. The van der Waals surface area contributed by atoms with Gasteiger partial charge in [0.25, 0.3) is 0 Å². The van der Waals surface area contributed by atoms with E-state index in [0.717, 1.165) is 13.1 Å². The van der Waals surface area contributed by atoms with Crippen LogP contribution in [-0.2, 0) is 4.79 Å². The first-order valence-electron chi connectivity index (χ1n) is 7.97. The second-order valence-electron chi connectivity index (χ2n) is 5.74. The highest BCUT2D eigenvalue weighted by Crippen LogP contribution is 2.36. The Balaban J connectivity index is 1.83. The van der Waals surface area contributed by atoms with Crippen molar-refractivity contribution in [2.24, 2.45) is 4.99 Å². The first-order chi connectivity index (χ1) is 11.1. The minimum Gasteiger partial charge on any atom is -0.357 e. The summed E-state index contributed by atoms with van der Waals surface area (Å²) in [5.74, 6) is 1.75. The van der Waals surface area contributed by atoms with Crippen LogP contribution in [0.4, 0.5) is 5.69 Å². The summed E-state index contributed by atoms with van der Waals surface area (Å²) in [6.07, 6.45) is 5.77. The number of carbonyl (C=O) groups is 1. The van der Waals surface area contributed by atoms with E-state index in [1.807, 2.05) is 18.7 Å². The fourth-order valence-electron chi connectivity index (χ4n) is 2.38. The van der Waals surface area contributed by atoms with Gasteiger partial charge in [0, 0.05) is 24.0 Å². The number of guanidine groups is 1. The number of amides is 1. The quantitative estimate of drug-likeness (QED) is 0.546. The number of aliphatic imine (C=N–C) groups is 1. The van der Waals surface area contributed by atoms with Gasteiger partial charge in [0.15, 0.2) is 5.96 Å². The van der Waals surface area contributed by atoms with E-state index in [9.17, 15) is 4.79 Å². The number of hydrogen-bond donors (Lipinski definition) is 3. The van der Waals surface area contributed by atoms with Gasteiger partial charge >= 0.3 is 0 Å². The van der Waals surface area contributed by atoms with Crippen molar-refractivity contribution in [2.45, 2.75) is 31.4 Å². The molecule has 0 aliphatic carbocycles. The number of aromatic nitrogens is 1. The van der Waals surface area contributed by atoms with Gasteiger partial charge in [-0.3, -0.25) is 9.78 Å². The molecule has 1 aromatic heterocycles. The Morgan fingerprint density at radius 1 is 1.48 bits per heavy atom. The molecule has 1 unspecified atom stereocenters. The Bertz CT molecular complexity index is 529. The van der Waals surface area contributed by atoms with Gasteiger partial charge in [-0.1, -0.05) is 0 Å². The normalized spacial score (nSPS) is 21.0. The summed E-state index contributed by atoms with van der Waals surface area (Å²) in [6, 6.07) is 3.58. The predicted molar refractivity (Wildman–Crippen MR) is 96.9 cm³/mol. The van der Waals surface area contributed by atoms with Gasteiger partial charge in [-0.15, -0.1) is 0 Å². The number of pyridine rings is 1. The van der Waals surface area contributed by atoms with Crippen molar-refractivity contribution in [1.29, 1.82) is 0 Å². The first-order valence-corrected chi connectivity index (χ1v) is 8.96. The molecule has 1 amide bonds. The SMILES string of the molecule is CCNC(=NCC(=O)Nc1cccnc1)NCC1(C)CCCS1. The molecule has 1 atom stereocenters. The maximum atomic E-state index is 11.9. The van der Waals surface area contributed by atoms with Gasteiger partial charge in [-0.05, 0) is 44.6 Å². The van der Waals surface area contributed by atoms with Crippen LogP contribution in [0, 0.1) is 0 Å². The van der Waals surface area contributed by atoms with Crippen LogP contribution in [0.1, 0.15) is 26.7 Å². The van der Waals surface area contributed by atoms with Crippen molar-refractivity contribution >= 4 is 29.3 Å². The monoisotopic (exact) mass is 335 g/mol. The van der Waals surface area contributed by atoms with Gasteiger partial charge < -0.3 is 16.0 Å². The zero-order valence-corrected chi connectivity index (χ0v) is 14.6. The Morgan fingerprint density at radius 3 is 3.00 bits per heavy atom. The molecule has 0 aromatic carbocycles. The van der Waals surface area contributed by atoms with E-state index < -0.39 is 0 Å². The molecule has 23 heavy (non-hydrogen) atoms. The molecule has 3 N–H and O–H groups in total. The smallest absolute Gasteiger partial charge is 0.246 e. The lowest BCUT2D eigenvalue weighted by Crippen LogP contribution is -2.44. The molecule has 0 spiro atoms. The number of rotatable bonds is 6. The van der Waals surface area contributed by atoms with E-state index >= 15 is 0 Å². The molecule has 126 valence electrons. The average Bonchev–Trinajstić information content (AvgIpc) is 2.98.